The van der Waals surface area contributed by atoms with E-state index < -0.39 is 4.92 Å². The average molecular weight is 482 g/mol. The third kappa shape index (κ3) is 8.23. The first-order valence-corrected chi connectivity index (χ1v) is 7.11. The van der Waals surface area contributed by atoms with Crippen molar-refractivity contribution in [1.82, 2.24) is 0 Å². The van der Waals surface area contributed by atoms with Gasteiger partial charge < -0.3 is 5.11 Å². The summed E-state index contributed by atoms with van der Waals surface area (Å²) in [7, 11) is 0. The first-order valence-electron chi connectivity index (χ1n) is 6.21. The Morgan fingerprint density at radius 1 is 1.12 bits per heavy atom. The molecule has 1 N–H and O–H groups in total. The molecule has 0 bridgehead atoms. The first-order chi connectivity index (χ1) is 10.8. The molecule has 0 saturated heterocycles. The second kappa shape index (κ2) is 12.3. The van der Waals surface area contributed by atoms with Crippen LogP contribution in [0.4, 0.5) is 5.69 Å². The Kier molecular flexibility index (Phi) is 12.9. The quantitative estimate of drug-likeness (QED) is 0.155. The van der Waals surface area contributed by atoms with Crippen LogP contribution in [-0.4, -0.2) is 22.1 Å². The maximum absolute atomic E-state index is 10.9. The number of hydrogen-bond donors (Lipinski definition) is 3. The number of carbonyl (C=O) groups excluding carboxylic acids is 2. The molecule has 0 radical (unpaired) electrons. The number of benzene rings is 2. The normalized spacial score (nSPS) is 8.76. The molecule has 0 spiro atoms. The Morgan fingerprint density at radius 2 is 1.68 bits per heavy atom. The van der Waals surface area contributed by atoms with Gasteiger partial charge in [0.1, 0.15) is 12.0 Å². The number of phenols is 1. The van der Waals surface area contributed by atoms with Crippen LogP contribution in [0.5, 0.6) is 5.75 Å². The number of carbonyl (C=O) groups is 2. The van der Waals surface area contributed by atoms with Crippen LogP contribution >= 0.6 is 25.3 Å². The van der Waals surface area contributed by atoms with E-state index in [9.17, 15) is 19.7 Å². The molecule has 0 aliphatic rings. The zero-order valence-electron chi connectivity index (χ0n) is 13.4. The van der Waals surface area contributed by atoms with Crippen LogP contribution in [0.15, 0.2) is 46.2 Å². The van der Waals surface area contributed by atoms with E-state index in [1.807, 2.05) is 0 Å². The number of Topliss-reactive ketones (excluding diaryl/α,β-unsaturated/α-hetero) is 1. The van der Waals surface area contributed by atoms with E-state index in [2.05, 4.69) is 25.3 Å². The Hall–Kier alpha value is -1.07. The number of phenolic OH excluding ortho intramolecular Hbond substituents is 1. The van der Waals surface area contributed by atoms with E-state index in [1.165, 1.54) is 31.2 Å². The molecule has 0 unspecified atom stereocenters. The van der Waals surface area contributed by atoms with Crippen molar-refractivity contribution >= 4 is 43.0 Å². The van der Waals surface area contributed by atoms with Crippen LogP contribution in [0.2, 0.25) is 0 Å². The van der Waals surface area contributed by atoms with Crippen molar-refractivity contribution in [3.05, 3.63) is 57.6 Å². The van der Waals surface area contributed by atoms with E-state index in [4.69, 9.17) is 5.11 Å². The van der Waals surface area contributed by atoms with Gasteiger partial charge in [0, 0.05) is 61.0 Å². The van der Waals surface area contributed by atoms with Gasteiger partial charge in [-0.05, 0) is 31.2 Å². The fourth-order valence-corrected chi connectivity index (χ4v) is 1.86. The zero-order chi connectivity index (χ0) is 17.6. The maximum atomic E-state index is 10.9. The van der Waals surface area contributed by atoms with Gasteiger partial charge in [-0.15, -0.1) is 25.3 Å². The van der Waals surface area contributed by atoms with Gasteiger partial charge >= 0.3 is 0 Å². The SMILES string of the molecule is CC(=O)c1ccc(S)c([N+](=O)[O-])c1.O=Cc1ccc(S)c(O)c1.[Zn].[Zn]. The largest absolute Gasteiger partial charge is 0.507 e. The van der Waals surface area contributed by atoms with Crippen molar-refractivity contribution in [2.24, 2.45) is 0 Å². The van der Waals surface area contributed by atoms with E-state index in [-0.39, 0.29) is 61.1 Å². The Labute approximate surface area is 180 Å². The summed E-state index contributed by atoms with van der Waals surface area (Å²) in [5.74, 6) is -0.163. The van der Waals surface area contributed by atoms with Gasteiger partial charge in [-0.25, -0.2) is 0 Å². The third-order valence-electron chi connectivity index (χ3n) is 2.71. The van der Waals surface area contributed by atoms with E-state index in [0.717, 1.165) is 0 Å². The number of hydrogen-bond acceptors (Lipinski definition) is 7. The van der Waals surface area contributed by atoms with Crippen molar-refractivity contribution in [3.8, 4) is 5.75 Å². The molecule has 0 fully saturated rings. The molecule has 0 aliphatic heterocycles. The fraction of sp³-hybridized carbons (Fsp3) is 0.0667. The maximum Gasteiger partial charge on any atom is 0.283 e. The van der Waals surface area contributed by atoms with Crippen LogP contribution in [0.1, 0.15) is 27.6 Å². The zero-order valence-corrected chi connectivity index (χ0v) is 21.1. The Morgan fingerprint density at radius 3 is 2.12 bits per heavy atom. The van der Waals surface area contributed by atoms with Crippen molar-refractivity contribution in [1.29, 1.82) is 0 Å². The number of nitro benzene ring substituents is 1. The molecule has 0 saturated carbocycles. The molecule has 0 aromatic heterocycles. The molecule has 10 heteroatoms. The molecular weight excluding hydrogens is 469 g/mol. The molecule has 0 amide bonds. The predicted molar refractivity (Wildman–Crippen MR) is 91.1 cm³/mol. The van der Waals surface area contributed by atoms with Crippen molar-refractivity contribution < 1.29 is 58.6 Å². The molecule has 2 aromatic rings. The summed E-state index contributed by atoms with van der Waals surface area (Å²) in [6.07, 6.45) is 0.674. The molecule has 2 rings (SSSR count). The number of ketones is 1. The van der Waals surface area contributed by atoms with Crippen LogP contribution in [-0.2, 0) is 39.0 Å². The minimum Gasteiger partial charge on any atom is -0.507 e. The summed E-state index contributed by atoms with van der Waals surface area (Å²) in [5.41, 5.74) is 0.635. The van der Waals surface area contributed by atoms with Crippen molar-refractivity contribution in [3.63, 3.8) is 0 Å². The average Bonchev–Trinajstić information content (AvgIpc) is 2.50. The smallest absolute Gasteiger partial charge is 0.283 e. The molecular formula is C15H13NO5S2Zn2. The summed E-state index contributed by atoms with van der Waals surface area (Å²) in [6.45, 7) is 1.36. The number of aromatic hydroxyl groups is 1. The number of nitro groups is 1. The molecule has 0 heterocycles. The van der Waals surface area contributed by atoms with Crippen LogP contribution < -0.4 is 0 Å². The Bertz CT molecular complexity index is 772. The van der Waals surface area contributed by atoms with Crippen LogP contribution in [0.3, 0.4) is 0 Å². The van der Waals surface area contributed by atoms with Crippen molar-refractivity contribution in [2.75, 3.05) is 0 Å². The molecule has 2 aromatic carbocycles. The second-order valence-electron chi connectivity index (χ2n) is 4.38. The van der Waals surface area contributed by atoms with E-state index in [0.29, 0.717) is 22.3 Å². The minimum atomic E-state index is -0.561. The standard InChI is InChI=1S/C8H7NO3S.C7H6O2S.2Zn/c1-5(10)6-2-3-8(13)7(4-6)9(11)12;8-4-5-1-2-7(10)6(9)3-5;;/h2-4,13H,1H3;1-4,9-10H;;. The summed E-state index contributed by atoms with van der Waals surface area (Å²) >= 11 is 7.82. The van der Waals surface area contributed by atoms with Crippen LogP contribution in [0.25, 0.3) is 0 Å². The van der Waals surface area contributed by atoms with Gasteiger partial charge in [0.25, 0.3) is 5.69 Å². The number of rotatable bonds is 3. The van der Waals surface area contributed by atoms with Crippen LogP contribution in [0, 0.1) is 10.1 Å². The third-order valence-corrected chi connectivity index (χ3v) is 3.47. The summed E-state index contributed by atoms with van der Waals surface area (Å²) in [5, 5.41) is 19.4. The summed E-state index contributed by atoms with van der Waals surface area (Å²) in [6, 6.07) is 8.72. The topological polar surface area (TPSA) is 97.5 Å². The summed E-state index contributed by atoms with van der Waals surface area (Å²) < 4.78 is 0. The van der Waals surface area contributed by atoms with Gasteiger partial charge in [0.15, 0.2) is 5.78 Å². The van der Waals surface area contributed by atoms with E-state index in [1.54, 1.807) is 12.1 Å². The molecule has 0 aliphatic carbocycles. The van der Waals surface area contributed by atoms with Gasteiger partial charge in [0.2, 0.25) is 0 Å². The molecule has 6 nitrogen and oxygen atoms in total. The number of thiol groups is 2. The minimum absolute atomic E-state index is 0. The Balaban J connectivity index is 0. The van der Waals surface area contributed by atoms with Crippen molar-refractivity contribution in [2.45, 2.75) is 16.7 Å². The molecule has 0 atom stereocenters. The van der Waals surface area contributed by atoms with E-state index >= 15 is 0 Å². The monoisotopic (exact) mass is 479 g/mol. The number of nitrogens with zero attached hydrogens (tertiary/aromatic N) is 1. The van der Waals surface area contributed by atoms with Gasteiger partial charge in [-0.2, -0.15) is 0 Å². The second-order valence-corrected chi connectivity index (χ2v) is 5.35. The van der Waals surface area contributed by atoms with Gasteiger partial charge in [-0.1, -0.05) is 6.07 Å². The molecule has 25 heavy (non-hydrogen) atoms. The van der Waals surface area contributed by atoms with Gasteiger partial charge in [0.05, 0.1) is 9.82 Å². The van der Waals surface area contributed by atoms with Gasteiger partial charge in [-0.3, -0.25) is 19.7 Å². The predicted octanol–water partition coefficient (Wildman–Crippen LogP) is 3.57. The first kappa shape index (κ1) is 26.2. The molecule has 124 valence electrons. The number of aldehydes is 1. The fourth-order valence-electron chi connectivity index (χ4n) is 1.50. The summed E-state index contributed by atoms with van der Waals surface area (Å²) in [4.78, 5) is 31.6.